The Labute approximate surface area is 120 Å². The van der Waals surface area contributed by atoms with Gasteiger partial charge in [-0.1, -0.05) is 6.42 Å². The number of nitrogen functional groups attached to an aromatic ring is 1. The molecule has 19 heavy (non-hydrogen) atoms. The molecule has 1 unspecified atom stereocenters. The van der Waals surface area contributed by atoms with Crippen molar-refractivity contribution in [3.8, 4) is 5.75 Å². The molecule has 1 aromatic carbocycles. The molecule has 1 aromatic rings. The lowest BCUT2D eigenvalue weighted by atomic mass is 10.0. The summed E-state index contributed by atoms with van der Waals surface area (Å²) in [6.07, 6.45) is 5.30. The maximum atomic E-state index is 6.00. The fourth-order valence-corrected chi connectivity index (χ4v) is 3.62. The minimum atomic E-state index is 0.744. The molecule has 1 saturated heterocycles. The molecule has 0 amide bonds. The van der Waals surface area contributed by atoms with E-state index < -0.39 is 0 Å². The average molecular weight is 280 g/mol. The van der Waals surface area contributed by atoms with Crippen LogP contribution in [0.3, 0.4) is 0 Å². The van der Waals surface area contributed by atoms with Crippen LogP contribution < -0.4 is 10.5 Å². The predicted molar refractivity (Wildman–Crippen MR) is 83.0 cm³/mol. The van der Waals surface area contributed by atoms with E-state index in [9.17, 15) is 0 Å². The van der Waals surface area contributed by atoms with Gasteiger partial charge in [-0.05, 0) is 56.8 Å². The molecule has 1 atom stereocenters. The quantitative estimate of drug-likeness (QED) is 0.664. The smallest absolute Gasteiger partial charge is 0.120 e. The second kappa shape index (κ2) is 7.06. The Hall–Kier alpha value is -0.870. The summed E-state index contributed by atoms with van der Waals surface area (Å²) < 4.78 is 5.25. The molecule has 1 fully saturated rings. The zero-order valence-corrected chi connectivity index (χ0v) is 12.7. The van der Waals surface area contributed by atoms with Gasteiger partial charge >= 0.3 is 0 Å². The van der Waals surface area contributed by atoms with Gasteiger partial charge in [-0.25, -0.2) is 0 Å². The molecule has 1 aliphatic rings. The van der Waals surface area contributed by atoms with Gasteiger partial charge in [0.15, 0.2) is 0 Å². The zero-order chi connectivity index (χ0) is 13.7. The fourth-order valence-electron chi connectivity index (χ4n) is 2.58. The van der Waals surface area contributed by atoms with Gasteiger partial charge in [-0.3, -0.25) is 0 Å². The molecule has 3 nitrogen and oxygen atoms in total. The zero-order valence-electron chi connectivity index (χ0n) is 11.9. The molecule has 2 rings (SSSR count). The van der Waals surface area contributed by atoms with Gasteiger partial charge in [0, 0.05) is 16.6 Å². The Morgan fingerprint density at radius 2 is 2.26 bits per heavy atom. The Kier molecular flexibility index (Phi) is 5.40. The molecular formula is C15H24N2OS. The normalized spacial score (nSPS) is 20.4. The molecule has 2 N–H and O–H groups in total. The molecule has 1 aliphatic heterocycles. The van der Waals surface area contributed by atoms with E-state index in [1.54, 1.807) is 7.11 Å². The number of ether oxygens (including phenoxy) is 1. The topological polar surface area (TPSA) is 38.5 Å². The van der Waals surface area contributed by atoms with Crippen molar-refractivity contribution in [1.82, 2.24) is 4.90 Å². The van der Waals surface area contributed by atoms with Crippen LogP contribution in [0.15, 0.2) is 23.1 Å². The molecule has 1 heterocycles. The Bertz CT molecular complexity index is 411. The van der Waals surface area contributed by atoms with Crippen LogP contribution in [0.1, 0.15) is 25.7 Å². The van der Waals surface area contributed by atoms with Crippen LogP contribution in [0, 0.1) is 0 Å². The van der Waals surface area contributed by atoms with Crippen molar-refractivity contribution in [2.75, 3.05) is 32.2 Å². The molecule has 0 bridgehead atoms. The van der Waals surface area contributed by atoms with Gasteiger partial charge in [-0.15, -0.1) is 11.8 Å². The summed E-state index contributed by atoms with van der Waals surface area (Å²) in [6, 6.07) is 6.61. The van der Waals surface area contributed by atoms with Gasteiger partial charge in [-0.2, -0.15) is 0 Å². The summed E-state index contributed by atoms with van der Waals surface area (Å²) >= 11 is 1.84. The summed E-state index contributed by atoms with van der Waals surface area (Å²) in [7, 11) is 3.94. The molecule has 0 saturated carbocycles. The predicted octanol–water partition coefficient (Wildman–Crippen LogP) is 3.24. The number of piperidine rings is 1. The van der Waals surface area contributed by atoms with Crippen LogP contribution in [0.5, 0.6) is 5.75 Å². The first-order valence-corrected chi connectivity index (χ1v) is 7.96. The van der Waals surface area contributed by atoms with Crippen molar-refractivity contribution >= 4 is 17.4 Å². The summed E-state index contributed by atoms with van der Waals surface area (Å²) in [5.74, 6) is 2.00. The third-order valence-electron chi connectivity index (χ3n) is 3.85. The number of methoxy groups -OCH3 is 1. The second-order valence-electron chi connectivity index (χ2n) is 5.17. The monoisotopic (exact) mass is 280 g/mol. The molecule has 0 radical (unpaired) electrons. The fraction of sp³-hybridized carbons (Fsp3) is 0.600. The minimum Gasteiger partial charge on any atom is -0.497 e. The van der Waals surface area contributed by atoms with E-state index in [0.29, 0.717) is 0 Å². The number of hydrogen-bond donors (Lipinski definition) is 1. The van der Waals surface area contributed by atoms with Crippen LogP contribution in [-0.4, -0.2) is 37.4 Å². The molecule has 0 aliphatic carbocycles. The number of anilines is 1. The van der Waals surface area contributed by atoms with Crippen molar-refractivity contribution in [2.24, 2.45) is 0 Å². The second-order valence-corrected chi connectivity index (χ2v) is 6.31. The van der Waals surface area contributed by atoms with Crippen LogP contribution in [0.4, 0.5) is 5.69 Å². The SMILES string of the molecule is COc1ccc(N)c(SCCC2CCCCN2C)c1. The summed E-state index contributed by atoms with van der Waals surface area (Å²) in [4.78, 5) is 3.64. The highest BCUT2D eigenvalue weighted by atomic mass is 32.2. The largest absolute Gasteiger partial charge is 0.497 e. The maximum absolute atomic E-state index is 6.00. The number of hydrogen-bond acceptors (Lipinski definition) is 4. The third kappa shape index (κ3) is 4.05. The Morgan fingerprint density at radius 1 is 1.42 bits per heavy atom. The standard InChI is InChI=1S/C15H24N2OS/c1-17-9-4-3-5-12(17)8-10-19-15-11-13(18-2)6-7-14(15)16/h6-7,11-12H,3-5,8-10,16H2,1-2H3. The number of benzene rings is 1. The number of nitrogens with two attached hydrogens (primary N) is 1. The van der Waals surface area contributed by atoms with Gasteiger partial charge < -0.3 is 15.4 Å². The lowest BCUT2D eigenvalue weighted by Crippen LogP contribution is -2.36. The van der Waals surface area contributed by atoms with Gasteiger partial charge in [0.2, 0.25) is 0 Å². The first-order chi connectivity index (χ1) is 9.20. The lowest BCUT2D eigenvalue weighted by molar-refractivity contribution is 0.182. The first-order valence-electron chi connectivity index (χ1n) is 6.97. The van der Waals surface area contributed by atoms with Crippen molar-refractivity contribution in [1.29, 1.82) is 0 Å². The van der Waals surface area contributed by atoms with E-state index in [2.05, 4.69) is 11.9 Å². The summed E-state index contributed by atoms with van der Waals surface area (Å²) in [6.45, 7) is 1.25. The minimum absolute atomic E-state index is 0.744. The highest BCUT2D eigenvalue weighted by molar-refractivity contribution is 7.99. The van der Waals surface area contributed by atoms with Crippen molar-refractivity contribution in [3.63, 3.8) is 0 Å². The van der Waals surface area contributed by atoms with E-state index in [4.69, 9.17) is 10.5 Å². The van der Waals surface area contributed by atoms with E-state index in [1.807, 2.05) is 30.0 Å². The van der Waals surface area contributed by atoms with Gasteiger partial charge in [0.1, 0.15) is 5.75 Å². The van der Waals surface area contributed by atoms with Crippen LogP contribution in [0.25, 0.3) is 0 Å². The van der Waals surface area contributed by atoms with E-state index in [1.165, 1.54) is 32.2 Å². The third-order valence-corrected chi connectivity index (χ3v) is 4.96. The lowest BCUT2D eigenvalue weighted by Gasteiger charge is -2.32. The summed E-state index contributed by atoms with van der Waals surface area (Å²) in [5.41, 5.74) is 6.85. The van der Waals surface area contributed by atoms with Crippen LogP contribution in [0.2, 0.25) is 0 Å². The van der Waals surface area contributed by atoms with E-state index in [0.717, 1.165) is 28.1 Å². The highest BCUT2D eigenvalue weighted by Crippen LogP contribution is 2.30. The molecule has 106 valence electrons. The Balaban J connectivity index is 1.84. The van der Waals surface area contributed by atoms with Crippen molar-refractivity contribution < 1.29 is 4.74 Å². The molecular weight excluding hydrogens is 256 g/mol. The molecule has 0 spiro atoms. The summed E-state index contributed by atoms with van der Waals surface area (Å²) in [5, 5.41) is 0. The molecule has 0 aromatic heterocycles. The van der Waals surface area contributed by atoms with Crippen molar-refractivity contribution in [3.05, 3.63) is 18.2 Å². The Morgan fingerprint density at radius 3 is 3.00 bits per heavy atom. The van der Waals surface area contributed by atoms with Crippen LogP contribution in [-0.2, 0) is 0 Å². The van der Waals surface area contributed by atoms with Crippen molar-refractivity contribution in [2.45, 2.75) is 36.6 Å². The average Bonchev–Trinajstić information content (AvgIpc) is 2.43. The maximum Gasteiger partial charge on any atom is 0.120 e. The number of rotatable bonds is 5. The molecule has 4 heteroatoms. The highest BCUT2D eigenvalue weighted by Gasteiger charge is 2.18. The number of thioether (sulfide) groups is 1. The van der Waals surface area contributed by atoms with E-state index >= 15 is 0 Å². The van der Waals surface area contributed by atoms with Gasteiger partial charge in [0.25, 0.3) is 0 Å². The number of nitrogens with zero attached hydrogens (tertiary/aromatic N) is 1. The van der Waals surface area contributed by atoms with E-state index in [-0.39, 0.29) is 0 Å². The first kappa shape index (κ1) is 14.5. The number of likely N-dealkylation sites (tertiary alicyclic amines) is 1. The van der Waals surface area contributed by atoms with Crippen LogP contribution >= 0.6 is 11.8 Å². The van der Waals surface area contributed by atoms with Gasteiger partial charge in [0.05, 0.1) is 7.11 Å².